The normalized spacial score (nSPS) is 11.1. The Morgan fingerprint density at radius 1 is 0.806 bits per heavy atom. The Morgan fingerprint density at radius 2 is 1.39 bits per heavy atom. The molecule has 0 saturated heterocycles. The number of benzene rings is 1. The summed E-state index contributed by atoms with van der Waals surface area (Å²) in [5.74, 6) is 0.249. The van der Waals surface area contributed by atoms with Crippen molar-refractivity contribution in [3.8, 4) is 5.75 Å². The van der Waals surface area contributed by atoms with Crippen molar-refractivity contribution in [3.05, 3.63) is 41.7 Å². The molecule has 6 heteroatoms. The molecule has 0 amide bonds. The number of carbonyl (C=O) groups is 1. The smallest absolute Gasteiger partial charge is 0.303 e. The first-order valence-corrected chi connectivity index (χ1v) is 14.5. The number of aliphatic carboxylic acids is 1. The van der Waals surface area contributed by atoms with E-state index in [-0.39, 0.29) is 6.42 Å². The highest BCUT2D eigenvalue weighted by Gasteiger charge is 2.03. The molecule has 1 heterocycles. The molecule has 0 saturated carbocycles. The van der Waals surface area contributed by atoms with Gasteiger partial charge in [-0.3, -0.25) is 4.79 Å². The van der Waals surface area contributed by atoms with Gasteiger partial charge >= 0.3 is 5.97 Å². The molecule has 0 aliphatic heterocycles. The Bertz CT molecular complexity index is 804. The molecule has 0 atom stereocenters. The summed E-state index contributed by atoms with van der Waals surface area (Å²) >= 11 is 0. The molecular formula is C30H49N3O3. The number of unbranched alkanes of at least 4 members (excludes halogenated alkanes) is 14. The maximum atomic E-state index is 10.5. The highest BCUT2D eigenvalue weighted by Crippen LogP contribution is 2.15. The Hall–Kier alpha value is -2.37. The second-order valence-corrected chi connectivity index (χ2v) is 10.1. The van der Waals surface area contributed by atoms with E-state index in [0.717, 1.165) is 76.0 Å². The zero-order chi connectivity index (χ0) is 25.7. The fraction of sp³-hybridized carbons (Fsp3) is 0.700. The second kappa shape index (κ2) is 19.8. The number of carboxylic acids is 1. The van der Waals surface area contributed by atoms with Crippen molar-refractivity contribution < 1.29 is 14.6 Å². The molecule has 1 N–H and O–H groups in total. The van der Waals surface area contributed by atoms with Gasteiger partial charge in [-0.25, -0.2) is 4.68 Å². The molecule has 0 spiro atoms. The van der Waals surface area contributed by atoms with Gasteiger partial charge in [-0.15, -0.1) is 5.10 Å². The predicted molar refractivity (Wildman–Crippen MR) is 147 cm³/mol. The molecule has 36 heavy (non-hydrogen) atoms. The van der Waals surface area contributed by atoms with Gasteiger partial charge in [0.2, 0.25) is 0 Å². The summed E-state index contributed by atoms with van der Waals surface area (Å²) in [7, 11) is 0. The Balaban J connectivity index is 1.50. The van der Waals surface area contributed by atoms with Crippen molar-refractivity contribution in [1.82, 2.24) is 15.0 Å². The maximum absolute atomic E-state index is 10.5. The SMILES string of the molecule is CCCCCCCCCCCCOc1ccc(Cn2cc(CCCCCCCCC(=O)O)nn2)cc1. The number of aryl methyl sites for hydroxylation is 1. The zero-order valence-electron chi connectivity index (χ0n) is 22.6. The van der Waals surface area contributed by atoms with E-state index in [4.69, 9.17) is 9.84 Å². The molecular weight excluding hydrogens is 450 g/mol. The van der Waals surface area contributed by atoms with Crippen LogP contribution in [0, 0.1) is 0 Å². The van der Waals surface area contributed by atoms with Crippen LogP contribution in [0.15, 0.2) is 30.5 Å². The minimum Gasteiger partial charge on any atom is -0.494 e. The molecule has 1 aromatic heterocycles. The van der Waals surface area contributed by atoms with Crippen LogP contribution < -0.4 is 4.74 Å². The molecule has 0 fully saturated rings. The largest absolute Gasteiger partial charge is 0.494 e. The number of carboxylic acid groups (broad SMARTS) is 1. The third-order valence-corrected chi connectivity index (χ3v) is 6.69. The topological polar surface area (TPSA) is 77.2 Å². The summed E-state index contributed by atoms with van der Waals surface area (Å²) in [6, 6.07) is 8.33. The van der Waals surface area contributed by atoms with Crippen molar-refractivity contribution >= 4 is 5.97 Å². The van der Waals surface area contributed by atoms with Crippen LogP contribution in [0.4, 0.5) is 0 Å². The van der Waals surface area contributed by atoms with Gasteiger partial charge in [0.1, 0.15) is 5.75 Å². The average molecular weight is 500 g/mol. The molecule has 2 rings (SSSR count). The maximum Gasteiger partial charge on any atom is 0.303 e. The first-order chi connectivity index (χ1) is 17.7. The lowest BCUT2D eigenvalue weighted by molar-refractivity contribution is -0.137. The zero-order valence-corrected chi connectivity index (χ0v) is 22.6. The van der Waals surface area contributed by atoms with Crippen molar-refractivity contribution in [3.63, 3.8) is 0 Å². The lowest BCUT2D eigenvalue weighted by Gasteiger charge is -2.07. The lowest BCUT2D eigenvalue weighted by atomic mass is 10.1. The summed E-state index contributed by atoms with van der Waals surface area (Å²) in [5.41, 5.74) is 2.23. The minimum absolute atomic E-state index is 0.290. The molecule has 0 bridgehead atoms. The van der Waals surface area contributed by atoms with Gasteiger partial charge in [-0.05, 0) is 43.4 Å². The van der Waals surface area contributed by atoms with Crippen LogP contribution in [0.2, 0.25) is 0 Å². The number of ether oxygens (including phenoxy) is 1. The standard InChI is InChI=1S/C30H49N3O3/c1-2-3-4-5-6-7-8-11-14-17-24-36-29-22-20-27(21-23-29)25-33-26-28(31-32-33)18-15-12-9-10-13-16-19-30(34)35/h20-23,26H,2-19,24-25H2,1H3,(H,34,35). The summed E-state index contributed by atoms with van der Waals surface area (Å²) in [4.78, 5) is 10.5. The second-order valence-electron chi connectivity index (χ2n) is 10.1. The fourth-order valence-corrected chi connectivity index (χ4v) is 4.48. The third-order valence-electron chi connectivity index (χ3n) is 6.69. The molecule has 0 aliphatic rings. The molecule has 0 unspecified atom stereocenters. The van der Waals surface area contributed by atoms with Crippen LogP contribution >= 0.6 is 0 Å². The highest BCUT2D eigenvalue weighted by atomic mass is 16.5. The van der Waals surface area contributed by atoms with Crippen LogP contribution in [0.3, 0.4) is 0 Å². The Labute approximate surface area is 218 Å². The van der Waals surface area contributed by atoms with E-state index >= 15 is 0 Å². The lowest BCUT2D eigenvalue weighted by Crippen LogP contribution is -2.01. The monoisotopic (exact) mass is 499 g/mol. The van der Waals surface area contributed by atoms with Crippen molar-refractivity contribution in [2.75, 3.05) is 6.61 Å². The van der Waals surface area contributed by atoms with Gasteiger partial charge in [-0.1, -0.05) is 108 Å². The van der Waals surface area contributed by atoms with Crippen LogP contribution in [-0.4, -0.2) is 32.7 Å². The number of aromatic nitrogens is 3. The fourth-order valence-electron chi connectivity index (χ4n) is 4.48. The van der Waals surface area contributed by atoms with Crippen LogP contribution in [0.25, 0.3) is 0 Å². The molecule has 2 aromatic rings. The average Bonchev–Trinajstić information content (AvgIpc) is 3.32. The molecule has 1 aromatic carbocycles. The number of rotatable bonds is 23. The Morgan fingerprint density at radius 3 is 2.03 bits per heavy atom. The van der Waals surface area contributed by atoms with Crippen molar-refractivity contribution in [2.24, 2.45) is 0 Å². The van der Waals surface area contributed by atoms with E-state index < -0.39 is 5.97 Å². The summed E-state index contributed by atoms with van der Waals surface area (Å²) in [6.45, 7) is 3.79. The van der Waals surface area contributed by atoms with Crippen molar-refractivity contribution in [2.45, 2.75) is 129 Å². The van der Waals surface area contributed by atoms with Crippen LogP contribution in [-0.2, 0) is 17.8 Å². The summed E-state index contributed by atoms with van der Waals surface area (Å²) in [5, 5.41) is 17.2. The number of hydrogen-bond acceptors (Lipinski definition) is 4. The summed E-state index contributed by atoms with van der Waals surface area (Å²) < 4.78 is 7.83. The third kappa shape index (κ3) is 14.9. The van der Waals surface area contributed by atoms with E-state index in [9.17, 15) is 4.79 Å². The first-order valence-electron chi connectivity index (χ1n) is 14.5. The Kier molecular flexibility index (Phi) is 16.4. The first kappa shape index (κ1) is 29.9. The van der Waals surface area contributed by atoms with Gasteiger partial charge in [0.05, 0.1) is 18.8 Å². The number of nitrogens with zero attached hydrogens (tertiary/aromatic N) is 3. The van der Waals surface area contributed by atoms with Gasteiger partial charge in [0, 0.05) is 12.6 Å². The summed E-state index contributed by atoms with van der Waals surface area (Å²) in [6.07, 6.45) is 23.0. The van der Waals surface area contributed by atoms with E-state index in [1.165, 1.54) is 63.4 Å². The van der Waals surface area contributed by atoms with Crippen molar-refractivity contribution in [1.29, 1.82) is 0 Å². The predicted octanol–water partition coefficient (Wildman–Crippen LogP) is 7.98. The molecule has 0 aliphatic carbocycles. The van der Waals surface area contributed by atoms with Gasteiger partial charge in [0.25, 0.3) is 0 Å². The molecule has 0 radical (unpaired) electrons. The van der Waals surface area contributed by atoms with Gasteiger partial charge in [-0.2, -0.15) is 0 Å². The number of hydrogen-bond donors (Lipinski definition) is 1. The van der Waals surface area contributed by atoms with Gasteiger partial charge in [0.15, 0.2) is 0 Å². The molecule has 202 valence electrons. The van der Waals surface area contributed by atoms with Crippen LogP contribution in [0.5, 0.6) is 5.75 Å². The quantitative estimate of drug-likeness (QED) is 0.157. The van der Waals surface area contributed by atoms with Gasteiger partial charge < -0.3 is 9.84 Å². The van der Waals surface area contributed by atoms with E-state index in [1.54, 1.807) is 0 Å². The minimum atomic E-state index is -0.693. The van der Waals surface area contributed by atoms with Crippen LogP contribution in [0.1, 0.15) is 127 Å². The van der Waals surface area contributed by atoms with E-state index in [0.29, 0.717) is 0 Å². The molecule has 6 nitrogen and oxygen atoms in total. The van der Waals surface area contributed by atoms with E-state index in [2.05, 4.69) is 41.5 Å². The highest BCUT2D eigenvalue weighted by molar-refractivity contribution is 5.66. The van der Waals surface area contributed by atoms with E-state index in [1.807, 2.05) is 10.9 Å².